The Balaban J connectivity index is 1.35. The Labute approximate surface area is 233 Å². The molecule has 4 heterocycles. The van der Waals surface area contributed by atoms with E-state index in [1.807, 2.05) is 36.4 Å². The van der Waals surface area contributed by atoms with Crippen LogP contribution in [-0.2, 0) is 0 Å². The van der Waals surface area contributed by atoms with E-state index in [1.165, 1.54) is 0 Å². The average molecular weight is 528 g/mol. The molecule has 0 amide bonds. The number of aromatic nitrogens is 5. The number of hydrogen-bond acceptors (Lipinski definition) is 4. The van der Waals surface area contributed by atoms with Crippen LogP contribution < -0.4 is 0 Å². The zero-order valence-electron chi connectivity index (χ0n) is 21.8. The van der Waals surface area contributed by atoms with Crippen LogP contribution in [-0.4, -0.2) is 23.9 Å². The molecule has 0 spiro atoms. The maximum atomic E-state index is 6.34. The zero-order chi connectivity index (χ0) is 26.9. The number of rotatable bonds is 3. The SMILES string of the molecule is c1ccc(-c2ncnc3c2oc2ccccc23)c(-c2ccccc2-n2c3ccccc3n3c4ccccc4nc23)c1. The summed E-state index contributed by atoms with van der Waals surface area (Å²) in [5.41, 5.74) is 11.5. The van der Waals surface area contributed by atoms with E-state index in [-0.39, 0.29) is 0 Å². The van der Waals surface area contributed by atoms with Crippen LogP contribution in [0.25, 0.3) is 78.0 Å². The summed E-state index contributed by atoms with van der Waals surface area (Å²) >= 11 is 0. The molecule has 0 fully saturated rings. The molecule has 0 radical (unpaired) electrons. The number of nitrogens with zero attached hydrogens (tertiary/aromatic N) is 5. The Bertz CT molecular complexity index is 2450. The maximum Gasteiger partial charge on any atom is 0.220 e. The van der Waals surface area contributed by atoms with Gasteiger partial charge >= 0.3 is 0 Å². The summed E-state index contributed by atoms with van der Waals surface area (Å²) in [5, 5.41) is 0.983. The van der Waals surface area contributed by atoms with E-state index in [2.05, 4.69) is 98.9 Å². The van der Waals surface area contributed by atoms with E-state index >= 15 is 0 Å². The maximum absolute atomic E-state index is 6.34. The second-order valence-corrected chi connectivity index (χ2v) is 10.1. The minimum Gasteiger partial charge on any atom is -0.452 e. The van der Waals surface area contributed by atoms with E-state index in [9.17, 15) is 0 Å². The molecule has 192 valence electrons. The third-order valence-electron chi connectivity index (χ3n) is 7.88. The van der Waals surface area contributed by atoms with Gasteiger partial charge in [0.1, 0.15) is 23.1 Å². The van der Waals surface area contributed by atoms with Crippen molar-refractivity contribution in [2.75, 3.05) is 0 Å². The van der Waals surface area contributed by atoms with Crippen LogP contribution in [0.15, 0.2) is 132 Å². The Kier molecular flexibility index (Phi) is 4.51. The standard InChI is InChI=1S/C35H21N5O/c1-2-13-24(32-34-33(37-21-36-32)25-14-4-10-20-31(25)41-34)22(11-1)23-12-3-6-16-27(23)39-29-18-8-9-19-30(29)40-28-17-7-5-15-26(28)38-35(39)40/h1-21H. The second kappa shape index (κ2) is 8.37. The van der Waals surface area contributed by atoms with Gasteiger partial charge in [0.2, 0.25) is 5.78 Å². The van der Waals surface area contributed by atoms with Crippen LogP contribution >= 0.6 is 0 Å². The summed E-state index contributed by atoms with van der Waals surface area (Å²) in [4.78, 5) is 14.4. The molecular formula is C35H21N5O. The van der Waals surface area contributed by atoms with Crippen molar-refractivity contribution >= 4 is 49.9 Å². The van der Waals surface area contributed by atoms with Crippen molar-refractivity contribution in [2.24, 2.45) is 0 Å². The van der Waals surface area contributed by atoms with Gasteiger partial charge in [0.15, 0.2) is 5.58 Å². The molecule has 5 aromatic carbocycles. The van der Waals surface area contributed by atoms with Crippen LogP contribution in [0.1, 0.15) is 0 Å². The van der Waals surface area contributed by atoms with Crippen LogP contribution in [0.5, 0.6) is 0 Å². The molecule has 0 N–H and O–H groups in total. The number of para-hydroxylation sites is 6. The fourth-order valence-corrected chi connectivity index (χ4v) is 6.12. The monoisotopic (exact) mass is 527 g/mol. The quantitative estimate of drug-likeness (QED) is 0.231. The van der Waals surface area contributed by atoms with Crippen molar-refractivity contribution in [1.82, 2.24) is 23.9 Å². The molecule has 41 heavy (non-hydrogen) atoms. The molecule has 0 saturated heterocycles. The van der Waals surface area contributed by atoms with E-state index in [0.29, 0.717) is 5.58 Å². The van der Waals surface area contributed by atoms with Crippen LogP contribution in [0, 0.1) is 0 Å². The van der Waals surface area contributed by atoms with Gasteiger partial charge in [-0.05, 0) is 48.0 Å². The van der Waals surface area contributed by atoms with E-state index < -0.39 is 0 Å². The first-order chi connectivity index (χ1) is 20.4. The summed E-state index contributed by atoms with van der Waals surface area (Å²) in [7, 11) is 0. The van der Waals surface area contributed by atoms with Crippen molar-refractivity contribution in [2.45, 2.75) is 0 Å². The van der Waals surface area contributed by atoms with Gasteiger partial charge in [-0.25, -0.2) is 15.0 Å². The second-order valence-electron chi connectivity index (χ2n) is 10.1. The van der Waals surface area contributed by atoms with Crippen molar-refractivity contribution in [3.63, 3.8) is 0 Å². The molecule has 0 aliphatic carbocycles. The first-order valence-corrected chi connectivity index (χ1v) is 13.5. The first-order valence-electron chi connectivity index (χ1n) is 13.5. The van der Waals surface area contributed by atoms with E-state index in [0.717, 1.165) is 72.4 Å². The van der Waals surface area contributed by atoms with Crippen LogP contribution in [0.3, 0.4) is 0 Å². The number of fused-ring (bicyclic) bond motifs is 8. The lowest BCUT2D eigenvalue weighted by Gasteiger charge is -2.15. The topological polar surface area (TPSA) is 61.2 Å². The van der Waals surface area contributed by atoms with Crippen molar-refractivity contribution < 1.29 is 4.42 Å². The molecule has 6 heteroatoms. The third-order valence-corrected chi connectivity index (χ3v) is 7.88. The highest BCUT2D eigenvalue weighted by Gasteiger charge is 2.22. The van der Waals surface area contributed by atoms with E-state index in [4.69, 9.17) is 14.4 Å². The highest BCUT2D eigenvalue weighted by atomic mass is 16.3. The molecule has 9 rings (SSSR count). The summed E-state index contributed by atoms with van der Waals surface area (Å²) in [6.45, 7) is 0. The summed E-state index contributed by atoms with van der Waals surface area (Å²) < 4.78 is 10.8. The predicted octanol–water partition coefficient (Wildman–Crippen LogP) is 8.45. The fraction of sp³-hybridized carbons (Fsp3) is 0. The fourth-order valence-electron chi connectivity index (χ4n) is 6.12. The Morgan fingerprint density at radius 2 is 1.24 bits per heavy atom. The lowest BCUT2D eigenvalue weighted by Crippen LogP contribution is -1.99. The largest absolute Gasteiger partial charge is 0.452 e. The third kappa shape index (κ3) is 3.10. The summed E-state index contributed by atoms with van der Waals surface area (Å²) in [6, 6.07) is 41.6. The highest BCUT2D eigenvalue weighted by molar-refractivity contribution is 6.07. The summed E-state index contributed by atoms with van der Waals surface area (Å²) in [6.07, 6.45) is 1.63. The molecule has 0 bridgehead atoms. The molecule has 9 aromatic rings. The molecule has 0 atom stereocenters. The molecule has 6 nitrogen and oxygen atoms in total. The normalized spacial score (nSPS) is 11.9. The van der Waals surface area contributed by atoms with Gasteiger partial charge in [0, 0.05) is 16.5 Å². The van der Waals surface area contributed by atoms with Crippen LogP contribution in [0.4, 0.5) is 0 Å². The van der Waals surface area contributed by atoms with Gasteiger partial charge in [0.05, 0.1) is 27.8 Å². The molecule has 0 aliphatic rings. The highest BCUT2D eigenvalue weighted by Crippen LogP contribution is 2.40. The van der Waals surface area contributed by atoms with Crippen molar-refractivity contribution in [3.8, 4) is 28.1 Å². The number of benzene rings is 5. The lowest BCUT2D eigenvalue weighted by molar-refractivity contribution is 0.667. The minimum atomic E-state index is 0.687. The van der Waals surface area contributed by atoms with Crippen LogP contribution in [0.2, 0.25) is 0 Å². The predicted molar refractivity (Wildman–Crippen MR) is 163 cm³/mol. The van der Waals surface area contributed by atoms with Gasteiger partial charge in [-0.2, -0.15) is 0 Å². The van der Waals surface area contributed by atoms with Gasteiger partial charge < -0.3 is 4.42 Å². The smallest absolute Gasteiger partial charge is 0.220 e. The Morgan fingerprint density at radius 3 is 2.15 bits per heavy atom. The molecule has 4 aromatic heterocycles. The lowest BCUT2D eigenvalue weighted by atomic mass is 9.95. The number of furan rings is 1. The molecule has 0 unspecified atom stereocenters. The number of hydrogen-bond donors (Lipinski definition) is 0. The summed E-state index contributed by atoms with van der Waals surface area (Å²) in [5.74, 6) is 0.874. The number of imidazole rings is 2. The molecule has 0 saturated carbocycles. The van der Waals surface area contributed by atoms with E-state index in [1.54, 1.807) is 6.33 Å². The molecular weight excluding hydrogens is 506 g/mol. The van der Waals surface area contributed by atoms with Gasteiger partial charge in [0.25, 0.3) is 0 Å². The zero-order valence-corrected chi connectivity index (χ0v) is 21.8. The molecule has 0 aliphatic heterocycles. The van der Waals surface area contributed by atoms with Crippen molar-refractivity contribution in [3.05, 3.63) is 128 Å². The minimum absolute atomic E-state index is 0.687. The van der Waals surface area contributed by atoms with Gasteiger partial charge in [-0.15, -0.1) is 0 Å². The van der Waals surface area contributed by atoms with Gasteiger partial charge in [-0.3, -0.25) is 8.97 Å². The Hall–Kier alpha value is -5.75. The van der Waals surface area contributed by atoms with Gasteiger partial charge in [-0.1, -0.05) is 78.9 Å². The first kappa shape index (κ1) is 22.1. The Morgan fingerprint density at radius 1 is 0.561 bits per heavy atom. The van der Waals surface area contributed by atoms with Crippen molar-refractivity contribution in [1.29, 1.82) is 0 Å². The average Bonchev–Trinajstić information content (AvgIpc) is 3.70.